The molecule has 0 radical (unpaired) electrons. The number of carbonyl (C=O) groups is 2. The molecule has 0 aliphatic heterocycles. The number of esters is 1. The minimum Gasteiger partial charge on any atom is -0.426 e. The van der Waals surface area contributed by atoms with Crippen LogP contribution in [0.5, 0.6) is 5.75 Å². The fourth-order valence-corrected chi connectivity index (χ4v) is 3.91. The van der Waals surface area contributed by atoms with Gasteiger partial charge in [-0.2, -0.15) is 0 Å². The number of benzene rings is 2. The molecule has 0 bridgehead atoms. The van der Waals surface area contributed by atoms with Crippen LogP contribution in [-0.4, -0.2) is 17.1 Å². The summed E-state index contributed by atoms with van der Waals surface area (Å²) in [5, 5.41) is 8.87. The van der Waals surface area contributed by atoms with Gasteiger partial charge in [0.2, 0.25) is 0 Å². The van der Waals surface area contributed by atoms with Crippen molar-refractivity contribution in [1.82, 2.24) is 5.48 Å². The van der Waals surface area contributed by atoms with Gasteiger partial charge in [0.1, 0.15) is 11.6 Å². The van der Waals surface area contributed by atoms with Crippen molar-refractivity contribution in [3.8, 4) is 5.75 Å². The third-order valence-electron chi connectivity index (χ3n) is 4.97. The largest absolute Gasteiger partial charge is 0.426 e. The number of rotatable bonds is 4. The summed E-state index contributed by atoms with van der Waals surface area (Å²) in [6, 6.07) is 9.89. The van der Waals surface area contributed by atoms with Crippen LogP contribution in [-0.2, 0) is 10.2 Å². The van der Waals surface area contributed by atoms with Gasteiger partial charge in [-0.1, -0.05) is 36.9 Å². The molecule has 27 heavy (non-hydrogen) atoms. The lowest BCUT2D eigenvalue weighted by Crippen LogP contribution is -2.41. The van der Waals surface area contributed by atoms with E-state index in [1.807, 2.05) is 0 Å². The van der Waals surface area contributed by atoms with Gasteiger partial charge in [0.25, 0.3) is 5.91 Å². The lowest BCUT2D eigenvalue weighted by Gasteiger charge is -2.35. The highest BCUT2D eigenvalue weighted by atomic mass is 35.5. The van der Waals surface area contributed by atoms with Crippen molar-refractivity contribution in [2.24, 2.45) is 0 Å². The Morgan fingerprint density at radius 1 is 1.07 bits per heavy atom. The molecular formula is C20H19ClFNO4. The van der Waals surface area contributed by atoms with Gasteiger partial charge in [0, 0.05) is 10.6 Å². The second-order valence-corrected chi connectivity index (χ2v) is 7.03. The Morgan fingerprint density at radius 3 is 2.33 bits per heavy atom. The number of amides is 1. The van der Waals surface area contributed by atoms with E-state index in [-0.39, 0.29) is 16.3 Å². The molecule has 0 atom stereocenters. The molecule has 142 valence electrons. The predicted octanol–water partition coefficient (Wildman–Crippen LogP) is 4.41. The number of hydrogen-bond donors (Lipinski definition) is 2. The highest BCUT2D eigenvalue weighted by Crippen LogP contribution is 2.43. The zero-order valence-corrected chi connectivity index (χ0v) is 15.3. The summed E-state index contributed by atoms with van der Waals surface area (Å²) >= 11 is 6.26. The van der Waals surface area contributed by atoms with Gasteiger partial charge in [-0.3, -0.25) is 14.8 Å². The second kappa shape index (κ2) is 8.06. The molecule has 5 nitrogen and oxygen atoms in total. The number of nitrogens with one attached hydrogen (secondary N) is 1. The third kappa shape index (κ3) is 3.96. The summed E-state index contributed by atoms with van der Waals surface area (Å²) < 4.78 is 19.0. The van der Waals surface area contributed by atoms with Crippen molar-refractivity contribution < 1.29 is 23.9 Å². The zero-order valence-electron chi connectivity index (χ0n) is 14.5. The minimum absolute atomic E-state index is 0.212. The Labute approximate surface area is 161 Å². The maximum Gasteiger partial charge on any atom is 0.322 e. The molecule has 2 N–H and O–H groups in total. The van der Waals surface area contributed by atoms with Gasteiger partial charge in [0.15, 0.2) is 0 Å². The predicted molar refractivity (Wildman–Crippen MR) is 97.5 cm³/mol. The van der Waals surface area contributed by atoms with E-state index in [1.54, 1.807) is 6.07 Å². The molecule has 0 aromatic heterocycles. The van der Waals surface area contributed by atoms with Crippen LogP contribution in [0.25, 0.3) is 0 Å². The molecule has 0 saturated heterocycles. The summed E-state index contributed by atoms with van der Waals surface area (Å²) in [5.41, 5.74) is 1.42. The molecule has 1 fully saturated rings. The van der Waals surface area contributed by atoms with E-state index in [0.29, 0.717) is 18.4 Å². The normalized spacial score (nSPS) is 15.8. The van der Waals surface area contributed by atoms with Crippen molar-refractivity contribution in [3.05, 3.63) is 64.4 Å². The molecule has 1 amide bonds. The topological polar surface area (TPSA) is 75.6 Å². The SMILES string of the molecule is O=C(NO)c1ccc(OC(=O)C2(c3ccc(F)cc3Cl)CCCCC2)cc1. The van der Waals surface area contributed by atoms with Crippen molar-refractivity contribution >= 4 is 23.5 Å². The van der Waals surface area contributed by atoms with Crippen molar-refractivity contribution in [1.29, 1.82) is 0 Å². The van der Waals surface area contributed by atoms with Crippen LogP contribution in [0.15, 0.2) is 42.5 Å². The second-order valence-electron chi connectivity index (χ2n) is 6.62. The number of ether oxygens (including phenoxy) is 1. The summed E-state index contributed by atoms with van der Waals surface area (Å²) in [6.45, 7) is 0. The van der Waals surface area contributed by atoms with Gasteiger partial charge < -0.3 is 4.74 Å². The fraction of sp³-hybridized carbons (Fsp3) is 0.300. The Bertz CT molecular complexity index is 848. The van der Waals surface area contributed by atoms with Gasteiger partial charge >= 0.3 is 5.97 Å². The van der Waals surface area contributed by atoms with Crippen LogP contribution >= 0.6 is 11.6 Å². The van der Waals surface area contributed by atoms with Crippen LogP contribution in [0.4, 0.5) is 4.39 Å². The molecular weight excluding hydrogens is 373 g/mol. The summed E-state index contributed by atoms with van der Waals surface area (Å²) in [6.07, 6.45) is 3.85. The minimum atomic E-state index is -0.926. The van der Waals surface area contributed by atoms with Crippen molar-refractivity contribution in [2.45, 2.75) is 37.5 Å². The average molecular weight is 392 g/mol. The van der Waals surface area contributed by atoms with E-state index in [2.05, 4.69) is 0 Å². The average Bonchev–Trinajstić information content (AvgIpc) is 2.68. The molecule has 1 aliphatic rings. The first kappa shape index (κ1) is 19.3. The first-order chi connectivity index (χ1) is 13.0. The van der Waals surface area contributed by atoms with Gasteiger partial charge in [-0.25, -0.2) is 9.87 Å². The number of carbonyl (C=O) groups excluding carboxylic acids is 2. The molecule has 1 aliphatic carbocycles. The molecule has 7 heteroatoms. The lowest BCUT2D eigenvalue weighted by atomic mass is 9.69. The standard InChI is InChI=1S/C20H19ClFNO4/c21-17-12-14(22)6-9-16(17)20(10-2-1-3-11-20)19(25)27-15-7-4-13(5-8-15)18(24)23-26/h4-9,12,26H,1-3,10-11H2,(H,23,24). The van der Waals surface area contributed by atoms with Crippen LogP contribution in [0.2, 0.25) is 5.02 Å². The first-order valence-electron chi connectivity index (χ1n) is 8.68. The number of halogens is 2. The van der Waals surface area contributed by atoms with Crippen LogP contribution in [0.1, 0.15) is 48.0 Å². The molecule has 1 saturated carbocycles. The Balaban J connectivity index is 1.89. The summed E-state index contributed by atoms with van der Waals surface area (Å²) in [7, 11) is 0. The molecule has 0 spiro atoms. The van der Waals surface area contributed by atoms with Crippen LogP contribution < -0.4 is 10.2 Å². The highest BCUT2D eigenvalue weighted by Gasteiger charge is 2.44. The summed E-state index contributed by atoms with van der Waals surface area (Å²) in [4.78, 5) is 24.5. The van der Waals surface area contributed by atoms with E-state index in [1.165, 1.54) is 41.9 Å². The van der Waals surface area contributed by atoms with Gasteiger partial charge in [-0.05, 0) is 54.8 Å². The molecule has 0 heterocycles. The highest BCUT2D eigenvalue weighted by molar-refractivity contribution is 6.31. The van der Waals surface area contributed by atoms with Crippen molar-refractivity contribution in [2.75, 3.05) is 0 Å². The number of hydroxylamine groups is 1. The monoisotopic (exact) mass is 391 g/mol. The summed E-state index contributed by atoms with van der Waals surface area (Å²) in [5.74, 6) is -1.29. The van der Waals surface area contributed by atoms with E-state index in [0.717, 1.165) is 19.3 Å². The zero-order chi connectivity index (χ0) is 19.4. The molecule has 2 aromatic rings. The van der Waals surface area contributed by atoms with Gasteiger partial charge in [-0.15, -0.1) is 0 Å². The Morgan fingerprint density at radius 2 is 1.74 bits per heavy atom. The maximum atomic E-state index is 13.5. The lowest BCUT2D eigenvalue weighted by molar-refractivity contribution is -0.142. The quantitative estimate of drug-likeness (QED) is 0.350. The first-order valence-corrected chi connectivity index (χ1v) is 9.06. The maximum absolute atomic E-state index is 13.5. The third-order valence-corrected chi connectivity index (χ3v) is 5.29. The molecule has 0 unspecified atom stereocenters. The smallest absolute Gasteiger partial charge is 0.322 e. The van der Waals surface area contributed by atoms with Gasteiger partial charge in [0.05, 0.1) is 5.41 Å². The molecule has 3 rings (SSSR count). The van der Waals surface area contributed by atoms with Crippen LogP contribution in [0, 0.1) is 5.82 Å². The van der Waals surface area contributed by atoms with E-state index < -0.39 is 23.1 Å². The van der Waals surface area contributed by atoms with E-state index >= 15 is 0 Å². The van der Waals surface area contributed by atoms with E-state index in [4.69, 9.17) is 21.5 Å². The van der Waals surface area contributed by atoms with Crippen molar-refractivity contribution in [3.63, 3.8) is 0 Å². The Hall–Kier alpha value is -2.44. The molecule has 2 aromatic carbocycles. The van der Waals surface area contributed by atoms with E-state index in [9.17, 15) is 14.0 Å². The van der Waals surface area contributed by atoms with Crippen LogP contribution in [0.3, 0.4) is 0 Å². The Kier molecular flexibility index (Phi) is 5.77. The number of hydrogen-bond acceptors (Lipinski definition) is 4. The fourth-order valence-electron chi connectivity index (χ4n) is 3.56.